The van der Waals surface area contributed by atoms with Gasteiger partial charge in [0.05, 0.1) is 11.8 Å². The van der Waals surface area contributed by atoms with E-state index in [2.05, 4.69) is 4.98 Å². The van der Waals surface area contributed by atoms with Gasteiger partial charge in [0.2, 0.25) is 0 Å². The zero-order valence-electron chi connectivity index (χ0n) is 11.6. The highest BCUT2D eigenvalue weighted by molar-refractivity contribution is 5.94. The Labute approximate surface area is 118 Å². The van der Waals surface area contributed by atoms with Gasteiger partial charge in [0.15, 0.2) is 5.82 Å². The van der Waals surface area contributed by atoms with Crippen LogP contribution in [0.3, 0.4) is 0 Å². The number of aryl methyl sites for hydroxylation is 1. The Balaban J connectivity index is 2.20. The minimum absolute atomic E-state index is 0.0644. The minimum atomic E-state index is -0.583. The van der Waals surface area contributed by atoms with Crippen molar-refractivity contribution < 1.29 is 9.18 Å². The van der Waals surface area contributed by atoms with E-state index in [-0.39, 0.29) is 11.5 Å². The van der Waals surface area contributed by atoms with Gasteiger partial charge in [0.25, 0.3) is 5.91 Å². The third-order valence-electron chi connectivity index (χ3n) is 3.13. The quantitative estimate of drug-likeness (QED) is 0.856. The molecule has 0 fully saturated rings. The number of nitrogens with zero attached hydrogens (tertiary/aromatic N) is 2. The molecule has 0 aliphatic carbocycles. The molecule has 0 unspecified atom stereocenters. The zero-order valence-corrected chi connectivity index (χ0v) is 11.6. The lowest BCUT2D eigenvalue weighted by Gasteiger charge is -2.21. The summed E-state index contributed by atoms with van der Waals surface area (Å²) < 4.78 is 13.6. The topological polar surface area (TPSA) is 33.2 Å². The molecule has 1 aromatic heterocycles. The van der Waals surface area contributed by atoms with E-state index in [1.807, 2.05) is 38.1 Å². The van der Waals surface area contributed by atoms with Crippen molar-refractivity contribution in [1.29, 1.82) is 0 Å². The summed E-state index contributed by atoms with van der Waals surface area (Å²) in [5, 5.41) is 0. The van der Waals surface area contributed by atoms with E-state index < -0.39 is 5.82 Å². The van der Waals surface area contributed by atoms with Gasteiger partial charge in [-0.2, -0.15) is 0 Å². The number of halogens is 1. The van der Waals surface area contributed by atoms with Crippen LogP contribution in [0.25, 0.3) is 0 Å². The number of hydrogen-bond donors (Lipinski definition) is 0. The highest BCUT2D eigenvalue weighted by atomic mass is 19.1. The molecule has 4 heteroatoms. The first-order valence-corrected chi connectivity index (χ1v) is 6.56. The van der Waals surface area contributed by atoms with E-state index in [4.69, 9.17) is 0 Å². The maximum absolute atomic E-state index is 13.6. The minimum Gasteiger partial charge on any atom is -0.335 e. The van der Waals surface area contributed by atoms with Crippen LogP contribution < -0.4 is 0 Å². The Kier molecular flexibility index (Phi) is 4.45. The molecule has 2 rings (SSSR count). The monoisotopic (exact) mass is 272 g/mol. The summed E-state index contributed by atoms with van der Waals surface area (Å²) in [6.45, 7) is 4.88. The maximum atomic E-state index is 13.6. The number of amides is 1. The first-order chi connectivity index (χ1) is 9.61. The van der Waals surface area contributed by atoms with Gasteiger partial charge in [0, 0.05) is 19.3 Å². The van der Waals surface area contributed by atoms with Crippen LogP contribution in [0.2, 0.25) is 0 Å². The molecular weight excluding hydrogens is 255 g/mol. The predicted molar refractivity (Wildman–Crippen MR) is 75.8 cm³/mol. The molecule has 104 valence electrons. The number of carbonyl (C=O) groups is 1. The van der Waals surface area contributed by atoms with Crippen molar-refractivity contribution in [2.24, 2.45) is 0 Å². The van der Waals surface area contributed by atoms with Gasteiger partial charge in [-0.25, -0.2) is 4.39 Å². The average Bonchev–Trinajstić information content (AvgIpc) is 2.44. The van der Waals surface area contributed by atoms with Crippen molar-refractivity contribution in [3.05, 3.63) is 65.2 Å². The van der Waals surface area contributed by atoms with E-state index >= 15 is 0 Å². The molecule has 0 spiro atoms. The van der Waals surface area contributed by atoms with E-state index in [1.54, 1.807) is 4.90 Å². The van der Waals surface area contributed by atoms with Gasteiger partial charge in [-0.1, -0.05) is 29.8 Å². The molecule has 0 N–H and O–H groups in total. The van der Waals surface area contributed by atoms with E-state index in [0.29, 0.717) is 13.1 Å². The summed E-state index contributed by atoms with van der Waals surface area (Å²) in [5.41, 5.74) is 2.24. The van der Waals surface area contributed by atoms with Crippen LogP contribution in [-0.4, -0.2) is 22.3 Å². The lowest BCUT2D eigenvalue weighted by Crippen LogP contribution is -2.31. The second-order valence-electron chi connectivity index (χ2n) is 4.66. The fourth-order valence-electron chi connectivity index (χ4n) is 2.08. The lowest BCUT2D eigenvalue weighted by atomic mass is 10.1. The third-order valence-corrected chi connectivity index (χ3v) is 3.13. The third kappa shape index (κ3) is 3.20. The number of aromatic nitrogens is 1. The fourth-order valence-corrected chi connectivity index (χ4v) is 2.08. The number of carbonyl (C=O) groups excluding carboxylic acids is 1. The number of pyridine rings is 1. The zero-order chi connectivity index (χ0) is 14.5. The lowest BCUT2D eigenvalue weighted by molar-refractivity contribution is 0.0747. The molecule has 0 atom stereocenters. The van der Waals surface area contributed by atoms with Crippen LogP contribution in [0.15, 0.2) is 42.7 Å². The van der Waals surface area contributed by atoms with Crippen molar-refractivity contribution in [1.82, 2.24) is 9.88 Å². The summed E-state index contributed by atoms with van der Waals surface area (Å²) in [4.78, 5) is 17.6. The highest BCUT2D eigenvalue weighted by Gasteiger charge is 2.18. The summed E-state index contributed by atoms with van der Waals surface area (Å²) in [6.07, 6.45) is 2.49. The summed E-state index contributed by atoms with van der Waals surface area (Å²) in [5.74, 6) is -0.894. The van der Waals surface area contributed by atoms with Gasteiger partial charge in [-0.15, -0.1) is 0 Å². The van der Waals surface area contributed by atoms with Crippen molar-refractivity contribution in [3.63, 3.8) is 0 Å². The Morgan fingerprint density at radius 1 is 1.35 bits per heavy atom. The number of benzene rings is 1. The molecule has 2 aromatic rings. The van der Waals surface area contributed by atoms with Gasteiger partial charge in [0.1, 0.15) is 0 Å². The Morgan fingerprint density at radius 2 is 2.15 bits per heavy atom. The first kappa shape index (κ1) is 14.2. The average molecular weight is 272 g/mol. The van der Waals surface area contributed by atoms with Gasteiger partial charge >= 0.3 is 0 Å². The van der Waals surface area contributed by atoms with Gasteiger partial charge < -0.3 is 4.90 Å². The summed E-state index contributed by atoms with van der Waals surface area (Å²) in [7, 11) is 0. The summed E-state index contributed by atoms with van der Waals surface area (Å²) in [6, 6.07) is 9.36. The Morgan fingerprint density at radius 3 is 2.80 bits per heavy atom. The molecule has 1 heterocycles. The molecule has 0 radical (unpaired) electrons. The van der Waals surface area contributed by atoms with Crippen LogP contribution >= 0.6 is 0 Å². The highest BCUT2D eigenvalue weighted by Crippen LogP contribution is 2.13. The van der Waals surface area contributed by atoms with E-state index in [9.17, 15) is 9.18 Å². The molecule has 0 saturated carbocycles. The molecule has 0 aliphatic rings. The van der Waals surface area contributed by atoms with Crippen molar-refractivity contribution in [3.8, 4) is 0 Å². The molecule has 0 saturated heterocycles. The van der Waals surface area contributed by atoms with Gasteiger partial charge in [-0.3, -0.25) is 9.78 Å². The second-order valence-corrected chi connectivity index (χ2v) is 4.66. The van der Waals surface area contributed by atoms with Gasteiger partial charge in [-0.05, 0) is 25.5 Å². The van der Waals surface area contributed by atoms with Crippen molar-refractivity contribution in [2.45, 2.75) is 20.4 Å². The van der Waals surface area contributed by atoms with Crippen LogP contribution in [0.4, 0.5) is 4.39 Å². The van der Waals surface area contributed by atoms with Crippen molar-refractivity contribution in [2.75, 3.05) is 6.54 Å². The van der Waals surface area contributed by atoms with Crippen LogP contribution in [-0.2, 0) is 6.54 Å². The number of hydrogen-bond acceptors (Lipinski definition) is 2. The predicted octanol–water partition coefficient (Wildman–Crippen LogP) is 3.19. The fraction of sp³-hybridized carbons (Fsp3) is 0.250. The van der Waals surface area contributed by atoms with E-state index in [1.165, 1.54) is 12.3 Å². The second kappa shape index (κ2) is 6.28. The smallest absolute Gasteiger partial charge is 0.257 e. The van der Waals surface area contributed by atoms with Crippen LogP contribution in [0.1, 0.15) is 28.4 Å². The Hall–Kier alpha value is -2.23. The summed E-state index contributed by atoms with van der Waals surface area (Å²) >= 11 is 0. The normalized spacial score (nSPS) is 10.3. The largest absolute Gasteiger partial charge is 0.335 e. The molecule has 1 amide bonds. The Bertz CT molecular complexity index is 613. The maximum Gasteiger partial charge on any atom is 0.257 e. The molecule has 3 nitrogen and oxygen atoms in total. The first-order valence-electron chi connectivity index (χ1n) is 6.56. The SMILES string of the molecule is CCN(Cc1cccc(C)c1)C(=O)c1ccncc1F. The van der Waals surface area contributed by atoms with Crippen LogP contribution in [0, 0.1) is 12.7 Å². The van der Waals surface area contributed by atoms with Crippen molar-refractivity contribution >= 4 is 5.91 Å². The molecule has 1 aromatic carbocycles. The number of rotatable bonds is 4. The standard InChI is InChI=1S/C16H17FN2O/c1-3-19(11-13-6-4-5-12(2)9-13)16(20)14-7-8-18-10-15(14)17/h4-10H,3,11H2,1-2H3. The van der Waals surface area contributed by atoms with E-state index in [0.717, 1.165) is 17.3 Å². The van der Waals surface area contributed by atoms with Crippen LogP contribution in [0.5, 0.6) is 0 Å². The molecule has 0 bridgehead atoms. The molecular formula is C16H17FN2O. The molecule has 20 heavy (non-hydrogen) atoms. The molecule has 0 aliphatic heterocycles.